The number of fused-ring (bicyclic) bond motifs is 1. The quantitative estimate of drug-likeness (QED) is 0.698. The van der Waals surface area contributed by atoms with Crippen LogP contribution >= 0.6 is 28.1 Å². The van der Waals surface area contributed by atoms with E-state index in [1.165, 1.54) is 0 Å². The van der Waals surface area contributed by atoms with E-state index >= 15 is 0 Å². The van der Waals surface area contributed by atoms with Gasteiger partial charge < -0.3 is 10.6 Å². The summed E-state index contributed by atoms with van der Waals surface area (Å²) in [5.41, 5.74) is 2.17. The molecule has 1 aliphatic heterocycles. The van der Waals surface area contributed by atoms with E-state index in [0.29, 0.717) is 0 Å². The maximum absolute atomic E-state index is 5.14. The summed E-state index contributed by atoms with van der Waals surface area (Å²) in [5.74, 6) is 0. The molecule has 0 unspecified atom stereocenters. The first-order valence-electron chi connectivity index (χ1n) is 4.09. The molecule has 4 heteroatoms. The fourth-order valence-corrected chi connectivity index (χ4v) is 1.87. The Morgan fingerprint density at radius 2 is 2.15 bits per heavy atom. The summed E-state index contributed by atoms with van der Waals surface area (Å²) in [7, 11) is 0. The number of thiocarbonyl (C=S) groups is 1. The molecular formula is C9H9BrN2S. The Bertz CT molecular complexity index is 351. The second-order valence-electron chi connectivity index (χ2n) is 2.91. The Labute approximate surface area is 90.8 Å². The van der Waals surface area contributed by atoms with Gasteiger partial charge in [-0.3, -0.25) is 0 Å². The Morgan fingerprint density at radius 3 is 3.00 bits per heavy atom. The molecule has 0 aliphatic carbocycles. The summed E-state index contributed by atoms with van der Waals surface area (Å²) in [6.45, 7) is 0.898. The number of halogens is 1. The first-order valence-corrected chi connectivity index (χ1v) is 5.29. The molecule has 0 aromatic heterocycles. The Balaban J connectivity index is 2.40. The van der Waals surface area contributed by atoms with Gasteiger partial charge in [-0.1, -0.05) is 28.1 Å². The third-order valence-corrected chi connectivity index (χ3v) is 2.72. The van der Waals surface area contributed by atoms with Crippen molar-refractivity contribution < 1.29 is 0 Å². The van der Waals surface area contributed by atoms with Crippen molar-refractivity contribution in [3.8, 4) is 0 Å². The molecule has 68 valence electrons. The van der Waals surface area contributed by atoms with E-state index in [1.54, 1.807) is 0 Å². The third kappa shape index (κ3) is 2.00. The fourth-order valence-electron chi connectivity index (χ4n) is 1.30. The van der Waals surface area contributed by atoms with Crippen LogP contribution in [0.4, 0.5) is 11.4 Å². The SMILES string of the molecule is S=C1CCNc2cc(Br)ccc2N1. The maximum atomic E-state index is 5.14. The van der Waals surface area contributed by atoms with Crippen LogP contribution in [0, 0.1) is 0 Å². The molecule has 0 bridgehead atoms. The van der Waals surface area contributed by atoms with Crippen LogP contribution in [0.5, 0.6) is 0 Å². The van der Waals surface area contributed by atoms with Gasteiger partial charge in [0.25, 0.3) is 0 Å². The van der Waals surface area contributed by atoms with Crippen LogP contribution in [0.25, 0.3) is 0 Å². The minimum atomic E-state index is 0.891. The molecule has 2 nitrogen and oxygen atoms in total. The average Bonchev–Trinajstić information content (AvgIpc) is 2.25. The number of nitrogens with one attached hydrogen (secondary N) is 2. The first-order chi connectivity index (χ1) is 6.25. The van der Waals surface area contributed by atoms with Crippen molar-refractivity contribution in [1.82, 2.24) is 0 Å². The van der Waals surface area contributed by atoms with Crippen LogP contribution in [-0.2, 0) is 0 Å². The summed E-state index contributed by atoms with van der Waals surface area (Å²) >= 11 is 8.57. The molecule has 2 N–H and O–H groups in total. The molecular weight excluding hydrogens is 248 g/mol. The van der Waals surface area contributed by atoms with Crippen molar-refractivity contribution in [1.29, 1.82) is 0 Å². The molecule has 13 heavy (non-hydrogen) atoms. The number of anilines is 2. The molecule has 0 fully saturated rings. The van der Waals surface area contributed by atoms with Gasteiger partial charge in [-0.25, -0.2) is 0 Å². The maximum Gasteiger partial charge on any atom is 0.0815 e. The van der Waals surface area contributed by atoms with Gasteiger partial charge in [0.1, 0.15) is 0 Å². The van der Waals surface area contributed by atoms with Crippen molar-refractivity contribution in [2.75, 3.05) is 17.2 Å². The van der Waals surface area contributed by atoms with Crippen LogP contribution in [0.1, 0.15) is 6.42 Å². The van der Waals surface area contributed by atoms with Gasteiger partial charge in [-0.2, -0.15) is 0 Å². The lowest BCUT2D eigenvalue weighted by atomic mass is 10.2. The van der Waals surface area contributed by atoms with Gasteiger partial charge in [0.05, 0.1) is 16.4 Å². The predicted octanol–water partition coefficient (Wildman–Crippen LogP) is 3.00. The fraction of sp³-hybridized carbons (Fsp3) is 0.222. The predicted molar refractivity (Wildman–Crippen MR) is 63.5 cm³/mol. The summed E-state index contributed by atoms with van der Waals surface area (Å²) in [6, 6.07) is 6.07. The molecule has 1 aliphatic rings. The van der Waals surface area contributed by atoms with Gasteiger partial charge in [0.2, 0.25) is 0 Å². The summed E-state index contributed by atoms with van der Waals surface area (Å²) in [4.78, 5) is 0.897. The van der Waals surface area contributed by atoms with Gasteiger partial charge in [-0.05, 0) is 18.2 Å². The van der Waals surface area contributed by atoms with Crippen molar-refractivity contribution in [3.63, 3.8) is 0 Å². The largest absolute Gasteiger partial charge is 0.383 e. The van der Waals surface area contributed by atoms with E-state index in [1.807, 2.05) is 12.1 Å². The molecule has 2 rings (SSSR count). The van der Waals surface area contributed by atoms with Gasteiger partial charge in [0.15, 0.2) is 0 Å². The van der Waals surface area contributed by atoms with E-state index in [-0.39, 0.29) is 0 Å². The molecule has 1 aromatic rings. The van der Waals surface area contributed by atoms with Gasteiger partial charge >= 0.3 is 0 Å². The standard InChI is InChI=1S/C9H9BrN2S/c10-6-1-2-7-8(5-6)11-4-3-9(13)12-7/h1-2,5,11H,3-4H2,(H,12,13). The van der Waals surface area contributed by atoms with E-state index < -0.39 is 0 Å². The number of hydrogen-bond acceptors (Lipinski definition) is 2. The van der Waals surface area contributed by atoms with E-state index in [0.717, 1.165) is 33.8 Å². The number of hydrogen-bond donors (Lipinski definition) is 2. The number of rotatable bonds is 0. The van der Waals surface area contributed by atoms with E-state index in [9.17, 15) is 0 Å². The molecule has 1 aromatic carbocycles. The molecule has 0 radical (unpaired) electrons. The van der Waals surface area contributed by atoms with Crippen LogP contribution in [-0.4, -0.2) is 11.5 Å². The zero-order valence-electron chi connectivity index (χ0n) is 6.93. The normalized spacial score (nSPS) is 15.3. The summed E-state index contributed by atoms with van der Waals surface area (Å²) < 4.78 is 1.08. The van der Waals surface area contributed by atoms with Crippen LogP contribution in [0.3, 0.4) is 0 Å². The highest BCUT2D eigenvalue weighted by Gasteiger charge is 2.08. The van der Waals surface area contributed by atoms with Crippen molar-refractivity contribution in [3.05, 3.63) is 22.7 Å². The highest BCUT2D eigenvalue weighted by Crippen LogP contribution is 2.27. The topological polar surface area (TPSA) is 24.1 Å². The summed E-state index contributed by atoms with van der Waals surface area (Å²) in [5, 5.41) is 6.51. The molecule has 0 saturated heterocycles. The highest BCUT2D eigenvalue weighted by atomic mass is 79.9. The molecule has 0 spiro atoms. The molecule has 0 amide bonds. The van der Waals surface area contributed by atoms with E-state index in [4.69, 9.17) is 12.2 Å². The Hall–Kier alpha value is -0.610. The zero-order chi connectivity index (χ0) is 9.26. The zero-order valence-corrected chi connectivity index (χ0v) is 9.33. The van der Waals surface area contributed by atoms with Crippen molar-refractivity contribution in [2.24, 2.45) is 0 Å². The lowest BCUT2D eigenvalue weighted by Crippen LogP contribution is -2.08. The monoisotopic (exact) mass is 256 g/mol. The lowest BCUT2D eigenvalue weighted by molar-refractivity contribution is 1.13. The van der Waals surface area contributed by atoms with Gasteiger partial charge in [0, 0.05) is 17.4 Å². The van der Waals surface area contributed by atoms with Gasteiger partial charge in [-0.15, -0.1) is 0 Å². The smallest absolute Gasteiger partial charge is 0.0815 e. The van der Waals surface area contributed by atoms with Crippen LogP contribution in [0.2, 0.25) is 0 Å². The van der Waals surface area contributed by atoms with E-state index in [2.05, 4.69) is 32.6 Å². The minimum Gasteiger partial charge on any atom is -0.383 e. The Kier molecular flexibility index (Phi) is 2.51. The van der Waals surface area contributed by atoms with Crippen LogP contribution < -0.4 is 10.6 Å². The molecule has 1 heterocycles. The lowest BCUT2D eigenvalue weighted by Gasteiger charge is -2.07. The minimum absolute atomic E-state index is 0.891. The summed E-state index contributed by atoms with van der Waals surface area (Å²) in [6.07, 6.45) is 0.891. The second kappa shape index (κ2) is 3.64. The van der Waals surface area contributed by atoms with Crippen molar-refractivity contribution >= 4 is 44.5 Å². The van der Waals surface area contributed by atoms with Crippen molar-refractivity contribution in [2.45, 2.75) is 6.42 Å². The first kappa shape index (κ1) is 8.97. The Morgan fingerprint density at radius 1 is 1.31 bits per heavy atom. The second-order valence-corrected chi connectivity index (χ2v) is 4.32. The number of benzene rings is 1. The molecule has 0 saturated carbocycles. The average molecular weight is 257 g/mol. The highest BCUT2D eigenvalue weighted by molar-refractivity contribution is 9.10. The third-order valence-electron chi connectivity index (χ3n) is 1.92. The molecule has 0 atom stereocenters. The van der Waals surface area contributed by atoms with Crippen LogP contribution in [0.15, 0.2) is 22.7 Å².